The van der Waals surface area contributed by atoms with E-state index in [1.165, 1.54) is 7.11 Å². The summed E-state index contributed by atoms with van der Waals surface area (Å²) < 4.78 is 30.2. The van der Waals surface area contributed by atoms with Gasteiger partial charge in [0.25, 0.3) is 11.8 Å². The molecular formula is C23H26FN3O5. The molecule has 0 unspecified atom stereocenters. The maximum atomic E-state index is 14.0. The first-order valence-electron chi connectivity index (χ1n) is 10.3. The number of amides is 2. The minimum atomic E-state index is -1.50. The van der Waals surface area contributed by atoms with Gasteiger partial charge in [-0.2, -0.15) is 0 Å². The van der Waals surface area contributed by atoms with E-state index in [-0.39, 0.29) is 36.5 Å². The van der Waals surface area contributed by atoms with Crippen LogP contribution >= 0.6 is 0 Å². The number of carbonyl (C=O) groups excluding carboxylic acids is 2. The minimum Gasteiger partial charge on any atom is -0.496 e. The lowest BCUT2D eigenvalue weighted by Crippen LogP contribution is -2.30. The second-order valence-corrected chi connectivity index (χ2v) is 7.40. The molecule has 2 heterocycles. The SMILES string of the molecule is CC[C@@H]1[C@H](F)C(=O)N[C@@H]1CCOc1ncc(C#CCOC)c2cc(C(N)=O)c(OC)cc12. The van der Waals surface area contributed by atoms with Crippen molar-refractivity contribution in [3.05, 3.63) is 29.5 Å². The van der Waals surface area contributed by atoms with Gasteiger partial charge in [-0.15, -0.1) is 0 Å². The monoisotopic (exact) mass is 443 g/mol. The van der Waals surface area contributed by atoms with Crippen LogP contribution in [-0.2, 0) is 9.53 Å². The number of nitrogens with one attached hydrogen (secondary N) is 1. The molecule has 0 bridgehead atoms. The van der Waals surface area contributed by atoms with Gasteiger partial charge in [-0.1, -0.05) is 18.8 Å². The van der Waals surface area contributed by atoms with Crippen molar-refractivity contribution in [2.75, 3.05) is 27.4 Å². The predicted octanol–water partition coefficient (Wildman–Crippen LogP) is 1.97. The van der Waals surface area contributed by atoms with Crippen molar-refractivity contribution in [2.45, 2.75) is 32.0 Å². The van der Waals surface area contributed by atoms with Crippen molar-refractivity contribution in [1.29, 1.82) is 0 Å². The Labute approximate surface area is 185 Å². The Kier molecular flexibility index (Phi) is 7.49. The Hall–Kier alpha value is -3.38. The third-order valence-corrected chi connectivity index (χ3v) is 5.49. The molecule has 1 aromatic carbocycles. The molecule has 0 spiro atoms. The molecule has 9 heteroatoms. The Balaban J connectivity index is 1.91. The molecular weight excluding hydrogens is 417 g/mol. The molecule has 2 aromatic rings. The minimum absolute atomic E-state index is 0.209. The molecule has 1 aliphatic rings. The van der Waals surface area contributed by atoms with E-state index in [0.717, 1.165) is 0 Å². The highest BCUT2D eigenvalue weighted by Crippen LogP contribution is 2.33. The van der Waals surface area contributed by atoms with Crippen LogP contribution in [0.25, 0.3) is 10.8 Å². The summed E-state index contributed by atoms with van der Waals surface area (Å²) in [5, 5.41) is 3.90. The number of primary amides is 1. The van der Waals surface area contributed by atoms with E-state index >= 15 is 0 Å². The van der Waals surface area contributed by atoms with Crippen LogP contribution in [0, 0.1) is 17.8 Å². The molecule has 2 amide bonds. The van der Waals surface area contributed by atoms with Crippen molar-refractivity contribution >= 4 is 22.6 Å². The summed E-state index contributed by atoms with van der Waals surface area (Å²) in [6.45, 7) is 2.30. The maximum absolute atomic E-state index is 14.0. The summed E-state index contributed by atoms with van der Waals surface area (Å²) >= 11 is 0. The normalized spacial score (nSPS) is 19.9. The molecule has 32 heavy (non-hydrogen) atoms. The lowest BCUT2D eigenvalue weighted by Gasteiger charge is -2.18. The van der Waals surface area contributed by atoms with Gasteiger partial charge >= 0.3 is 0 Å². The third kappa shape index (κ3) is 4.75. The molecule has 1 aliphatic heterocycles. The van der Waals surface area contributed by atoms with Gasteiger partial charge in [-0.05, 0) is 18.6 Å². The summed E-state index contributed by atoms with van der Waals surface area (Å²) in [7, 11) is 2.98. The molecule has 3 atom stereocenters. The van der Waals surface area contributed by atoms with E-state index in [1.54, 1.807) is 25.4 Å². The fraction of sp³-hybridized carbons (Fsp3) is 0.435. The first kappa shape index (κ1) is 23.3. The Morgan fingerprint density at radius 2 is 2.09 bits per heavy atom. The second kappa shape index (κ2) is 10.3. The van der Waals surface area contributed by atoms with Gasteiger partial charge in [0, 0.05) is 42.5 Å². The number of hydrogen-bond acceptors (Lipinski definition) is 6. The topological polar surface area (TPSA) is 113 Å². The molecule has 0 saturated carbocycles. The van der Waals surface area contributed by atoms with Crippen LogP contribution in [0.4, 0.5) is 4.39 Å². The molecule has 0 radical (unpaired) electrons. The highest BCUT2D eigenvalue weighted by atomic mass is 19.1. The number of pyridine rings is 1. The summed E-state index contributed by atoms with van der Waals surface area (Å²) in [5.41, 5.74) is 6.28. The van der Waals surface area contributed by atoms with Gasteiger partial charge in [0.2, 0.25) is 5.88 Å². The fourth-order valence-corrected chi connectivity index (χ4v) is 3.85. The number of nitrogens with two attached hydrogens (primary N) is 1. The van der Waals surface area contributed by atoms with Gasteiger partial charge < -0.3 is 25.3 Å². The van der Waals surface area contributed by atoms with Gasteiger partial charge in [0.05, 0.1) is 24.8 Å². The standard InChI is InChI=1S/C23H26FN3O5/c1-4-14-18(27-22(29)20(14)24)7-9-32-23-16-11-19(31-3)17(21(25)28)10-15(16)13(12-26-23)6-5-8-30-2/h10-12,14,18,20H,4,7-9H2,1-3H3,(H2,25,28)(H,27,29)/t14-,18+,20-/m0/s1. The number of hydrogen-bond donors (Lipinski definition) is 2. The Morgan fingerprint density at radius 3 is 2.75 bits per heavy atom. The van der Waals surface area contributed by atoms with E-state index in [2.05, 4.69) is 22.1 Å². The number of fused-ring (bicyclic) bond motifs is 1. The van der Waals surface area contributed by atoms with E-state index in [9.17, 15) is 14.0 Å². The van der Waals surface area contributed by atoms with Crippen molar-refractivity contribution < 1.29 is 28.2 Å². The van der Waals surface area contributed by atoms with Crippen molar-refractivity contribution in [3.63, 3.8) is 0 Å². The van der Waals surface area contributed by atoms with Gasteiger partial charge in [0.1, 0.15) is 12.4 Å². The van der Waals surface area contributed by atoms with Crippen LogP contribution in [-0.4, -0.2) is 56.4 Å². The third-order valence-electron chi connectivity index (χ3n) is 5.49. The van der Waals surface area contributed by atoms with E-state index in [0.29, 0.717) is 35.1 Å². The molecule has 0 aliphatic carbocycles. The van der Waals surface area contributed by atoms with Crippen molar-refractivity contribution in [2.24, 2.45) is 11.7 Å². The predicted molar refractivity (Wildman–Crippen MR) is 116 cm³/mol. The molecule has 3 rings (SSSR count). The van der Waals surface area contributed by atoms with Gasteiger partial charge in [-0.25, -0.2) is 9.37 Å². The first-order valence-corrected chi connectivity index (χ1v) is 10.3. The number of carbonyl (C=O) groups is 2. The summed E-state index contributed by atoms with van der Waals surface area (Å²) in [4.78, 5) is 27.9. The average Bonchev–Trinajstić information content (AvgIpc) is 3.06. The average molecular weight is 443 g/mol. The van der Waals surface area contributed by atoms with Crippen LogP contribution in [0.1, 0.15) is 35.7 Å². The van der Waals surface area contributed by atoms with Crippen LogP contribution in [0.15, 0.2) is 18.3 Å². The quantitative estimate of drug-likeness (QED) is 0.604. The van der Waals surface area contributed by atoms with Crippen molar-refractivity contribution in [3.8, 4) is 23.5 Å². The fourth-order valence-electron chi connectivity index (χ4n) is 3.85. The van der Waals surface area contributed by atoms with Crippen LogP contribution in [0.3, 0.4) is 0 Å². The van der Waals surface area contributed by atoms with E-state index < -0.39 is 18.0 Å². The Morgan fingerprint density at radius 1 is 1.31 bits per heavy atom. The zero-order valence-electron chi connectivity index (χ0n) is 18.2. The number of methoxy groups -OCH3 is 2. The molecule has 170 valence electrons. The van der Waals surface area contributed by atoms with Crippen molar-refractivity contribution in [1.82, 2.24) is 10.3 Å². The largest absolute Gasteiger partial charge is 0.496 e. The molecule has 8 nitrogen and oxygen atoms in total. The number of halogens is 1. The number of ether oxygens (including phenoxy) is 3. The highest BCUT2D eigenvalue weighted by Gasteiger charge is 2.41. The number of benzene rings is 1. The zero-order chi connectivity index (χ0) is 23.3. The van der Waals surface area contributed by atoms with E-state index in [4.69, 9.17) is 19.9 Å². The number of nitrogens with zero attached hydrogens (tertiary/aromatic N) is 1. The van der Waals surface area contributed by atoms with Gasteiger partial charge in [0.15, 0.2) is 6.17 Å². The lowest BCUT2D eigenvalue weighted by molar-refractivity contribution is -0.123. The zero-order valence-corrected chi connectivity index (χ0v) is 18.2. The molecule has 3 N–H and O–H groups in total. The van der Waals surface area contributed by atoms with Gasteiger partial charge in [-0.3, -0.25) is 9.59 Å². The number of rotatable bonds is 8. The summed E-state index contributed by atoms with van der Waals surface area (Å²) in [6, 6.07) is 2.92. The first-order chi connectivity index (χ1) is 15.4. The maximum Gasteiger partial charge on any atom is 0.255 e. The smallest absolute Gasteiger partial charge is 0.255 e. The number of alkyl halides is 1. The molecule has 1 aromatic heterocycles. The second-order valence-electron chi connectivity index (χ2n) is 7.40. The van der Waals surface area contributed by atoms with E-state index in [1.807, 2.05) is 6.92 Å². The van der Waals surface area contributed by atoms with Crippen LogP contribution in [0.2, 0.25) is 0 Å². The van der Waals surface area contributed by atoms with Crippen LogP contribution in [0.5, 0.6) is 11.6 Å². The van der Waals surface area contributed by atoms with Crippen LogP contribution < -0.4 is 20.5 Å². The summed E-state index contributed by atoms with van der Waals surface area (Å²) in [6.07, 6.45) is 1.03. The number of aromatic nitrogens is 1. The summed E-state index contributed by atoms with van der Waals surface area (Å²) in [5.74, 6) is 4.83. The molecule has 1 fully saturated rings. The molecule has 1 saturated heterocycles. The lowest BCUT2D eigenvalue weighted by atomic mass is 9.94. The Bertz CT molecular complexity index is 1080. The highest BCUT2D eigenvalue weighted by molar-refractivity contribution is 6.03.